The second-order valence-electron chi connectivity index (χ2n) is 8.94. The summed E-state index contributed by atoms with van der Waals surface area (Å²) >= 11 is 0. The zero-order chi connectivity index (χ0) is 20.8. The highest BCUT2D eigenvalue weighted by atomic mass is 16.5. The Labute approximate surface area is 182 Å². The summed E-state index contributed by atoms with van der Waals surface area (Å²) in [5.41, 5.74) is 3.92. The van der Waals surface area contributed by atoms with Gasteiger partial charge in [-0.05, 0) is 57.0 Å². The molecule has 160 valence electrons. The summed E-state index contributed by atoms with van der Waals surface area (Å²) in [4.78, 5) is 14.1. The van der Waals surface area contributed by atoms with Crippen molar-refractivity contribution in [3.05, 3.63) is 48.4 Å². The molecule has 1 saturated heterocycles. The second-order valence-corrected chi connectivity index (χ2v) is 8.94. The van der Waals surface area contributed by atoms with E-state index in [1.807, 2.05) is 29.2 Å². The number of fused-ring (bicyclic) bond motifs is 3. The van der Waals surface area contributed by atoms with Crippen molar-refractivity contribution >= 4 is 5.82 Å². The van der Waals surface area contributed by atoms with E-state index in [9.17, 15) is 0 Å². The van der Waals surface area contributed by atoms with Crippen molar-refractivity contribution in [1.29, 1.82) is 0 Å². The van der Waals surface area contributed by atoms with Gasteiger partial charge in [0.15, 0.2) is 0 Å². The molecule has 5 heterocycles. The number of aromatic nitrogens is 4. The van der Waals surface area contributed by atoms with E-state index in [1.54, 1.807) is 6.20 Å². The third-order valence-corrected chi connectivity index (χ3v) is 7.19. The Bertz CT molecular complexity index is 1070. The molecule has 7 heteroatoms. The molecule has 0 radical (unpaired) electrons. The van der Waals surface area contributed by atoms with Gasteiger partial charge in [0.25, 0.3) is 0 Å². The van der Waals surface area contributed by atoms with Gasteiger partial charge in [0.1, 0.15) is 18.1 Å². The number of hydrogen-bond donors (Lipinski definition) is 0. The number of ether oxygens (including phenoxy) is 1. The number of rotatable bonds is 4. The predicted molar refractivity (Wildman–Crippen MR) is 120 cm³/mol. The SMILES string of the molecule is CN(C1CCC1)C1CCN(c2ccc(-n3cc4c(n3)-c3cccnc3OC4)cn2)CC1. The van der Waals surface area contributed by atoms with E-state index in [-0.39, 0.29) is 0 Å². The summed E-state index contributed by atoms with van der Waals surface area (Å²) in [6, 6.07) is 9.69. The summed E-state index contributed by atoms with van der Waals surface area (Å²) in [6.07, 6.45) is 12.3. The lowest BCUT2D eigenvalue weighted by molar-refractivity contribution is 0.0952. The molecule has 0 atom stereocenters. The van der Waals surface area contributed by atoms with Gasteiger partial charge in [-0.3, -0.25) is 0 Å². The lowest BCUT2D eigenvalue weighted by Crippen LogP contribution is -2.49. The molecule has 6 rings (SSSR count). The Kier molecular flexibility index (Phi) is 4.64. The Hall–Kier alpha value is -2.93. The number of hydrogen-bond acceptors (Lipinski definition) is 6. The van der Waals surface area contributed by atoms with Gasteiger partial charge in [0.2, 0.25) is 5.88 Å². The van der Waals surface area contributed by atoms with E-state index < -0.39 is 0 Å². The molecule has 0 unspecified atom stereocenters. The number of pyridine rings is 2. The molecule has 3 aliphatic rings. The zero-order valence-corrected chi connectivity index (χ0v) is 17.9. The van der Waals surface area contributed by atoms with Crippen LogP contribution >= 0.6 is 0 Å². The van der Waals surface area contributed by atoms with E-state index in [0.29, 0.717) is 12.5 Å². The first-order valence-electron chi connectivity index (χ1n) is 11.4. The monoisotopic (exact) mass is 416 g/mol. The normalized spacial score (nSPS) is 19.0. The number of nitrogens with zero attached hydrogens (tertiary/aromatic N) is 6. The minimum atomic E-state index is 0.495. The summed E-state index contributed by atoms with van der Waals surface area (Å²) in [6.45, 7) is 2.64. The first kappa shape index (κ1) is 18.8. The third kappa shape index (κ3) is 3.37. The average Bonchev–Trinajstić information content (AvgIpc) is 3.23. The average molecular weight is 417 g/mol. The van der Waals surface area contributed by atoms with Crippen LogP contribution in [-0.2, 0) is 6.61 Å². The molecule has 3 aromatic heterocycles. The fourth-order valence-corrected chi connectivity index (χ4v) is 5.00. The van der Waals surface area contributed by atoms with Gasteiger partial charge in [0.05, 0.1) is 17.4 Å². The van der Waals surface area contributed by atoms with Crippen LogP contribution in [0.15, 0.2) is 42.9 Å². The van der Waals surface area contributed by atoms with Crippen LogP contribution in [0, 0.1) is 0 Å². The number of anilines is 1. The van der Waals surface area contributed by atoms with Gasteiger partial charge >= 0.3 is 0 Å². The molecule has 2 fully saturated rings. The van der Waals surface area contributed by atoms with Gasteiger partial charge in [0, 0.05) is 43.1 Å². The van der Waals surface area contributed by atoms with Crippen LogP contribution < -0.4 is 9.64 Å². The quantitative estimate of drug-likeness (QED) is 0.647. The predicted octanol–water partition coefficient (Wildman–Crippen LogP) is 3.67. The lowest BCUT2D eigenvalue weighted by atomic mass is 9.89. The molecule has 31 heavy (non-hydrogen) atoms. The lowest BCUT2D eigenvalue weighted by Gasteiger charge is -2.43. The summed E-state index contributed by atoms with van der Waals surface area (Å²) in [7, 11) is 2.32. The van der Waals surface area contributed by atoms with Gasteiger partial charge in [-0.2, -0.15) is 5.10 Å². The van der Waals surface area contributed by atoms with E-state index in [4.69, 9.17) is 14.8 Å². The molecule has 0 bridgehead atoms. The van der Waals surface area contributed by atoms with Gasteiger partial charge in [-0.15, -0.1) is 0 Å². The topological polar surface area (TPSA) is 59.3 Å². The highest BCUT2D eigenvalue weighted by Gasteiger charge is 2.30. The standard InChI is InChI=1S/C24H28N6O/c1-28(18-4-2-5-18)19-9-12-29(13-10-19)22-8-7-20(14-26-22)30-15-17-16-31-24-21(23(17)27-30)6-3-11-25-24/h3,6-8,11,14-15,18-19H,2,4-5,9-10,12-13,16H2,1H3. The maximum atomic E-state index is 5.76. The summed E-state index contributed by atoms with van der Waals surface area (Å²) in [5.74, 6) is 1.71. The van der Waals surface area contributed by atoms with Gasteiger partial charge in [-0.25, -0.2) is 14.6 Å². The fourth-order valence-electron chi connectivity index (χ4n) is 5.00. The van der Waals surface area contributed by atoms with E-state index in [1.165, 1.54) is 32.1 Å². The molecule has 0 aromatic carbocycles. The van der Waals surface area contributed by atoms with Crippen molar-refractivity contribution in [3.63, 3.8) is 0 Å². The van der Waals surface area contributed by atoms with Crippen LogP contribution in [0.2, 0.25) is 0 Å². The minimum absolute atomic E-state index is 0.495. The molecule has 2 aliphatic heterocycles. The van der Waals surface area contributed by atoms with Crippen LogP contribution in [0.5, 0.6) is 5.88 Å². The molecular formula is C24H28N6O. The third-order valence-electron chi connectivity index (χ3n) is 7.19. The Morgan fingerprint density at radius 1 is 1.03 bits per heavy atom. The van der Waals surface area contributed by atoms with Crippen LogP contribution in [0.4, 0.5) is 5.82 Å². The van der Waals surface area contributed by atoms with Crippen LogP contribution in [0.25, 0.3) is 16.9 Å². The molecule has 0 N–H and O–H groups in total. The smallest absolute Gasteiger partial charge is 0.223 e. The maximum Gasteiger partial charge on any atom is 0.223 e. The number of piperidine rings is 1. The highest BCUT2D eigenvalue weighted by molar-refractivity contribution is 5.69. The van der Waals surface area contributed by atoms with E-state index in [0.717, 1.165) is 53.5 Å². The second kappa shape index (κ2) is 7.64. The molecule has 0 amide bonds. The highest BCUT2D eigenvalue weighted by Crippen LogP contribution is 2.35. The minimum Gasteiger partial charge on any atom is -0.472 e. The molecule has 3 aromatic rings. The molecular weight excluding hydrogens is 388 g/mol. The Morgan fingerprint density at radius 3 is 2.61 bits per heavy atom. The van der Waals surface area contributed by atoms with E-state index in [2.05, 4.69) is 34.0 Å². The van der Waals surface area contributed by atoms with E-state index >= 15 is 0 Å². The van der Waals surface area contributed by atoms with Crippen LogP contribution in [0.1, 0.15) is 37.7 Å². The molecule has 7 nitrogen and oxygen atoms in total. The molecule has 1 saturated carbocycles. The first-order chi connectivity index (χ1) is 15.3. The van der Waals surface area contributed by atoms with Gasteiger partial charge < -0.3 is 14.5 Å². The van der Waals surface area contributed by atoms with Crippen molar-refractivity contribution in [3.8, 4) is 22.8 Å². The first-order valence-corrected chi connectivity index (χ1v) is 11.4. The maximum absolute atomic E-state index is 5.76. The van der Waals surface area contributed by atoms with Crippen LogP contribution in [0.3, 0.4) is 0 Å². The summed E-state index contributed by atoms with van der Waals surface area (Å²) in [5, 5.41) is 4.80. The molecule has 1 aliphatic carbocycles. The Balaban J connectivity index is 1.15. The van der Waals surface area contributed by atoms with Crippen molar-refractivity contribution in [2.45, 2.75) is 50.8 Å². The van der Waals surface area contributed by atoms with Gasteiger partial charge in [-0.1, -0.05) is 6.42 Å². The van der Waals surface area contributed by atoms with Crippen LogP contribution in [-0.4, -0.2) is 56.9 Å². The summed E-state index contributed by atoms with van der Waals surface area (Å²) < 4.78 is 7.65. The Morgan fingerprint density at radius 2 is 1.87 bits per heavy atom. The largest absolute Gasteiger partial charge is 0.472 e. The molecule has 0 spiro atoms. The van der Waals surface area contributed by atoms with Crippen molar-refractivity contribution < 1.29 is 4.74 Å². The fraction of sp³-hybridized carbons (Fsp3) is 0.458. The zero-order valence-electron chi connectivity index (χ0n) is 17.9. The van der Waals surface area contributed by atoms with Crippen molar-refractivity contribution in [2.75, 3.05) is 25.0 Å². The van der Waals surface area contributed by atoms with Crippen molar-refractivity contribution in [2.24, 2.45) is 0 Å². The van der Waals surface area contributed by atoms with Crippen molar-refractivity contribution in [1.82, 2.24) is 24.6 Å².